The summed E-state index contributed by atoms with van der Waals surface area (Å²) in [7, 11) is 0. The highest BCUT2D eigenvalue weighted by Gasteiger charge is 2.11. The second kappa shape index (κ2) is 7.02. The molecule has 3 rings (SSSR count). The molecular formula is C22H18N2O. The van der Waals surface area contributed by atoms with E-state index in [1.54, 1.807) is 6.08 Å². The van der Waals surface area contributed by atoms with Gasteiger partial charge in [-0.3, -0.25) is 4.79 Å². The van der Waals surface area contributed by atoms with E-state index in [-0.39, 0.29) is 5.57 Å². The van der Waals surface area contributed by atoms with Crippen LogP contribution in [0.15, 0.2) is 66.2 Å². The Bertz CT molecular complexity index is 1020. The van der Waals surface area contributed by atoms with Gasteiger partial charge in [-0.25, -0.2) is 0 Å². The number of anilines is 1. The van der Waals surface area contributed by atoms with Crippen molar-refractivity contribution in [1.82, 2.24) is 0 Å². The molecule has 1 amide bonds. The molecule has 25 heavy (non-hydrogen) atoms. The molecule has 3 aromatic carbocycles. The van der Waals surface area contributed by atoms with Gasteiger partial charge in [0, 0.05) is 5.69 Å². The molecule has 0 heterocycles. The minimum atomic E-state index is -0.404. The zero-order valence-corrected chi connectivity index (χ0v) is 14.2. The summed E-state index contributed by atoms with van der Waals surface area (Å²) in [6, 6.07) is 21.4. The van der Waals surface area contributed by atoms with Gasteiger partial charge in [-0.1, -0.05) is 48.5 Å². The first-order valence-corrected chi connectivity index (χ1v) is 8.06. The summed E-state index contributed by atoms with van der Waals surface area (Å²) < 4.78 is 0. The predicted octanol–water partition coefficient (Wildman–Crippen LogP) is 5.00. The van der Waals surface area contributed by atoms with E-state index in [0.29, 0.717) is 5.69 Å². The summed E-state index contributed by atoms with van der Waals surface area (Å²) in [5, 5.41) is 14.3. The Morgan fingerprint density at radius 2 is 1.76 bits per heavy atom. The second-order valence-electron chi connectivity index (χ2n) is 5.99. The van der Waals surface area contributed by atoms with Crippen LogP contribution in [-0.4, -0.2) is 5.91 Å². The van der Waals surface area contributed by atoms with Gasteiger partial charge in [0.1, 0.15) is 11.6 Å². The van der Waals surface area contributed by atoms with Crippen molar-refractivity contribution in [2.45, 2.75) is 13.8 Å². The number of aryl methyl sites for hydroxylation is 2. The normalized spacial score (nSPS) is 11.2. The maximum atomic E-state index is 12.5. The third-order valence-corrected chi connectivity index (χ3v) is 4.25. The first kappa shape index (κ1) is 16.5. The standard InChI is InChI=1S/C22H18N2O/c1-15-10-11-20(12-16(15)2)24-22(25)19(14-23)13-18-8-5-7-17-6-3-4-9-21(17)18/h3-13H,1-2H3,(H,24,25)/b19-13+. The van der Waals surface area contributed by atoms with Crippen LogP contribution in [0.1, 0.15) is 16.7 Å². The third-order valence-electron chi connectivity index (χ3n) is 4.25. The highest BCUT2D eigenvalue weighted by Crippen LogP contribution is 2.21. The minimum Gasteiger partial charge on any atom is -0.321 e. The molecule has 0 aliphatic rings. The number of nitrogens with zero attached hydrogens (tertiary/aromatic N) is 1. The van der Waals surface area contributed by atoms with Crippen LogP contribution in [0, 0.1) is 25.2 Å². The fourth-order valence-electron chi connectivity index (χ4n) is 2.70. The minimum absolute atomic E-state index is 0.0783. The Kier molecular flexibility index (Phi) is 4.63. The number of carbonyl (C=O) groups is 1. The van der Waals surface area contributed by atoms with E-state index in [0.717, 1.165) is 27.5 Å². The van der Waals surface area contributed by atoms with Gasteiger partial charge in [-0.2, -0.15) is 5.26 Å². The molecule has 0 aromatic heterocycles. The summed E-state index contributed by atoms with van der Waals surface area (Å²) in [5.74, 6) is -0.404. The lowest BCUT2D eigenvalue weighted by Gasteiger charge is -2.08. The lowest BCUT2D eigenvalue weighted by molar-refractivity contribution is -0.112. The van der Waals surface area contributed by atoms with Gasteiger partial charge in [-0.05, 0) is 59.5 Å². The topological polar surface area (TPSA) is 52.9 Å². The monoisotopic (exact) mass is 326 g/mol. The second-order valence-corrected chi connectivity index (χ2v) is 5.99. The van der Waals surface area contributed by atoms with Crippen molar-refractivity contribution in [3.8, 4) is 6.07 Å². The molecule has 0 atom stereocenters. The van der Waals surface area contributed by atoms with E-state index >= 15 is 0 Å². The van der Waals surface area contributed by atoms with Gasteiger partial charge in [-0.15, -0.1) is 0 Å². The maximum Gasteiger partial charge on any atom is 0.266 e. The lowest BCUT2D eigenvalue weighted by atomic mass is 10.0. The van der Waals surface area contributed by atoms with Crippen molar-refractivity contribution in [3.63, 3.8) is 0 Å². The summed E-state index contributed by atoms with van der Waals surface area (Å²) in [6.07, 6.45) is 1.64. The van der Waals surface area contributed by atoms with Crippen molar-refractivity contribution in [1.29, 1.82) is 5.26 Å². The van der Waals surface area contributed by atoms with E-state index in [1.807, 2.05) is 80.6 Å². The molecule has 3 heteroatoms. The molecule has 0 fully saturated rings. The van der Waals surface area contributed by atoms with Gasteiger partial charge in [0.2, 0.25) is 0 Å². The van der Waals surface area contributed by atoms with Crippen LogP contribution in [0.2, 0.25) is 0 Å². The Labute approximate surface area is 147 Å². The molecule has 122 valence electrons. The van der Waals surface area contributed by atoms with Gasteiger partial charge in [0.05, 0.1) is 0 Å². The number of nitrogens with one attached hydrogen (secondary N) is 1. The molecular weight excluding hydrogens is 308 g/mol. The van der Waals surface area contributed by atoms with Gasteiger partial charge >= 0.3 is 0 Å². The fraction of sp³-hybridized carbons (Fsp3) is 0.0909. The van der Waals surface area contributed by atoms with Crippen molar-refractivity contribution < 1.29 is 4.79 Å². The molecule has 0 saturated carbocycles. The number of amides is 1. The molecule has 0 spiro atoms. The fourth-order valence-corrected chi connectivity index (χ4v) is 2.70. The van der Waals surface area contributed by atoms with Crippen molar-refractivity contribution in [2.75, 3.05) is 5.32 Å². The number of nitriles is 1. The van der Waals surface area contributed by atoms with Crippen LogP contribution < -0.4 is 5.32 Å². The van der Waals surface area contributed by atoms with Crippen molar-refractivity contribution in [2.24, 2.45) is 0 Å². The number of benzene rings is 3. The molecule has 0 radical (unpaired) electrons. The largest absolute Gasteiger partial charge is 0.321 e. The Balaban J connectivity index is 1.93. The molecule has 3 nitrogen and oxygen atoms in total. The van der Waals surface area contributed by atoms with Crippen LogP contribution >= 0.6 is 0 Å². The Morgan fingerprint density at radius 1 is 1.00 bits per heavy atom. The van der Waals surface area contributed by atoms with Gasteiger partial charge in [0.15, 0.2) is 0 Å². The summed E-state index contributed by atoms with van der Waals surface area (Å²) >= 11 is 0. The number of hydrogen-bond donors (Lipinski definition) is 1. The molecule has 0 aliphatic heterocycles. The third kappa shape index (κ3) is 3.59. The van der Waals surface area contributed by atoms with Crippen molar-refractivity contribution in [3.05, 3.63) is 82.9 Å². The van der Waals surface area contributed by atoms with Crippen LogP contribution in [-0.2, 0) is 4.79 Å². The average Bonchev–Trinajstić information content (AvgIpc) is 2.62. The maximum absolute atomic E-state index is 12.5. The summed E-state index contributed by atoms with van der Waals surface area (Å²) in [5.41, 5.74) is 3.87. The van der Waals surface area contributed by atoms with E-state index in [1.165, 1.54) is 0 Å². The number of rotatable bonds is 3. The highest BCUT2D eigenvalue weighted by atomic mass is 16.1. The number of carbonyl (C=O) groups excluding carboxylic acids is 1. The van der Waals surface area contributed by atoms with Gasteiger partial charge in [0.25, 0.3) is 5.91 Å². The van der Waals surface area contributed by atoms with Crippen molar-refractivity contribution >= 4 is 28.4 Å². The number of fused-ring (bicyclic) bond motifs is 1. The zero-order chi connectivity index (χ0) is 17.8. The molecule has 0 saturated heterocycles. The average molecular weight is 326 g/mol. The number of hydrogen-bond acceptors (Lipinski definition) is 2. The van der Waals surface area contributed by atoms with Crippen LogP contribution in [0.3, 0.4) is 0 Å². The summed E-state index contributed by atoms with van der Waals surface area (Å²) in [6.45, 7) is 4.00. The molecule has 1 N–H and O–H groups in total. The Morgan fingerprint density at radius 3 is 2.52 bits per heavy atom. The van der Waals surface area contributed by atoms with Crippen LogP contribution in [0.25, 0.3) is 16.8 Å². The quantitative estimate of drug-likeness (QED) is 0.544. The first-order valence-electron chi connectivity index (χ1n) is 8.06. The van der Waals surface area contributed by atoms with Crippen LogP contribution in [0.4, 0.5) is 5.69 Å². The molecule has 0 aliphatic carbocycles. The molecule has 0 unspecified atom stereocenters. The molecule has 3 aromatic rings. The Hall–Kier alpha value is -3.38. The van der Waals surface area contributed by atoms with E-state index in [9.17, 15) is 10.1 Å². The molecule has 0 bridgehead atoms. The predicted molar refractivity (Wildman–Crippen MR) is 102 cm³/mol. The lowest BCUT2D eigenvalue weighted by Crippen LogP contribution is -2.13. The van der Waals surface area contributed by atoms with E-state index < -0.39 is 5.91 Å². The van der Waals surface area contributed by atoms with E-state index in [2.05, 4.69) is 5.32 Å². The zero-order valence-electron chi connectivity index (χ0n) is 14.2. The summed E-state index contributed by atoms with van der Waals surface area (Å²) in [4.78, 5) is 12.5. The SMILES string of the molecule is Cc1ccc(NC(=O)/C(C#N)=C/c2cccc3ccccc23)cc1C. The van der Waals surface area contributed by atoms with Crippen LogP contribution in [0.5, 0.6) is 0 Å². The van der Waals surface area contributed by atoms with Gasteiger partial charge < -0.3 is 5.32 Å². The first-order chi connectivity index (χ1) is 12.1. The highest BCUT2D eigenvalue weighted by molar-refractivity contribution is 6.10. The van der Waals surface area contributed by atoms with E-state index in [4.69, 9.17) is 0 Å². The smallest absolute Gasteiger partial charge is 0.266 e.